The van der Waals surface area contributed by atoms with Gasteiger partial charge < -0.3 is 9.47 Å². The summed E-state index contributed by atoms with van der Waals surface area (Å²) in [4.78, 5) is 13.8. The summed E-state index contributed by atoms with van der Waals surface area (Å²) >= 11 is 6.28. The van der Waals surface area contributed by atoms with Crippen molar-refractivity contribution in [2.24, 2.45) is 0 Å². The third kappa shape index (κ3) is 3.37. The smallest absolute Gasteiger partial charge is 0.222 e. The number of fused-ring (bicyclic) bond motifs is 3. The minimum Gasteiger partial charge on any atom is -0.338 e. The zero-order valence-electron chi connectivity index (χ0n) is 19.0. The van der Waals surface area contributed by atoms with Crippen LogP contribution in [0.3, 0.4) is 0 Å². The van der Waals surface area contributed by atoms with Gasteiger partial charge in [0.15, 0.2) is 5.65 Å². The van der Waals surface area contributed by atoms with Crippen LogP contribution < -0.4 is 0 Å². The lowest BCUT2D eigenvalue weighted by molar-refractivity contribution is -0.136. The Morgan fingerprint density at radius 2 is 1.94 bits per heavy atom. The monoisotopic (exact) mass is 473 g/mol. The van der Waals surface area contributed by atoms with Crippen LogP contribution in [0.1, 0.15) is 30.8 Å². The number of halogens is 1. The van der Waals surface area contributed by atoms with Crippen LogP contribution in [0.4, 0.5) is 0 Å². The van der Waals surface area contributed by atoms with E-state index in [1.54, 1.807) is 0 Å². The Kier molecular flexibility index (Phi) is 4.91. The van der Waals surface area contributed by atoms with Crippen LogP contribution in [0.2, 0.25) is 5.02 Å². The van der Waals surface area contributed by atoms with Crippen molar-refractivity contribution in [2.75, 3.05) is 13.1 Å². The number of aromatic nitrogens is 6. The van der Waals surface area contributed by atoms with Gasteiger partial charge >= 0.3 is 0 Å². The highest BCUT2D eigenvalue weighted by atomic mass is 35.5. The Balaban J connectivity index is 1.44. The lowest BCUT2D eigenvalue weighted by Crippen LogP contribution is -2.50. The summed E-state index contributed by atoms with van der Waals surface area (Å²) in [6.07, 6.45) is 2.55. The Morgan fingerprint density at radius 3 is 2.74 bits per heavy atom. The summed E-state index contributed by atoms with van der Waals surface area (Å²) in [5.74, 6) is 1.03. The van der Waals surface area contributed by atoms with Crippen LogP contribution in [0.5, 0.6) is 0 Å². The molecule has 1 aromatic carbocycles. The van der Waals surface area contributed by atoms with Crippen LogP contribution in [-0.2, 0) is 11.3 Å². The number of carbonyl (C=O) groups is 1. The normalized spacial score (nSPS) is 14.3. The van der Waals surface area contributed by atoms with E-state index >= 15 is 0 Å². The summed E-state index contributed by atoms with van der Waals surface area (Å²) in [5, 5.41) is 14.2. The van der Waals surface area contributed by atoms with E-state index in [9.17, 15) is 4.79 Å². The number of pyridine rings is 1. The molecule has 0 N–H and O–H groups in total. The van der Waals surface area contributed by atoms with E-state index < -0.39 is 0 Å². The molecule has 0 saturated carbocycles. The van der Waals surface area contributed by atoms with Crippen LogP contribution in [0, 0.1) is 6.92 Å². The molecule has 34 heavy (non-hydrogen) atoms. The van der Waals surface area contributed by atoms with Gasteiger partial charge in [0.25, 0.3) is 0 Å². The second-order valence-corrected chi connectivity index (χ2v) is 9.21. The van der Waals surface area contributed by atoms with Crippen molar-refractivity contribution in [2.45, 2.75) is 32.9 Å². The van der Waals surface area contributed by atoms with Crippen molar-refractivity contribution >= 4 is 34.2 Å². The maximum absolute atomic E-state index is 11.9. The molecule has 6 rings (SSSR count). The second-order valence-electron chi connectivity index (χ2n) is 8.78. The molecule has 0 radical (unpaired) electrons. The molecule has 1 amide bonds. The van der Waals surface area contributed by atoms with Crippen LogP contribution in [0.25, 0.3) is 28.1 Å². The Labute approximate surface area is 201 Å². The fraction of sp³-hybridized carbons (Fsp3) is 0.280. The number of rotatable bonds is 5. The molecule has 1 aliphatic rings. The number of benzene rings is 1. The Morgan fingerprint density at radius 1 is 1.09 bits per heavy atom. The summed E-state index contributed by atoms with van der Waals surface area (Å²) in [5.41, 5.74) is 5.93. The lowest BCUT2D eigenvalue weighted by Gasteiger charge is -2.39. The van der Waals surface area contributed by atoms with Gasteiger partial charge in [-0.15, -0.1) is 10.2 Å². The molecule has 0 aliphatic carbocycles. The first-order valence-corrected chi connectivity index (χ1v) is 11.8. The van der Waals surface area contributed by atoms with E-state index in [0.29, 0.717) is 31.1 Å². The van der Waals surface area contributed by atoms with Crippen molar-refractivity contribution in [3.8, 4) is 11.4 Å². The molecular weight excluding hydrogens is 450 g/mol. The number of likely N-dealkylation sites (tertiary alicyclic amines) is 1. The number of amides is 1. The first-order chi connectivity index (χ1) is 16.5. The summed E-state index contributed by atoms with van der Waals surface area (Å²) in [6.45, 7) is 5.93. The predicted molar refractivity (Wildman–Crippen MR) is 131 cm³/mol. The summed E-state index contributed by atoms with van der Waals surface area (Å²) < 4.78 is 6.32. The molecule has 172 valence electrons. The third-order valence-corrected chi connectivity index (χ3v) is 6.83. The predicted octanol–water partition coefficient (Wildman–Crippen LogP) is 4.35. The molecular formula is C25H24ClN7O. The topological polar surface area (TPSA) is 73.2 Å². The molecule has 5 aromatic rings. The number of hydrogen-bond donors (Lipinski definition) is 0. The minimum atomic E-state index is 0.193. The summed E-state index contributed by atoms with van der Waals surface area (Å²) in [7, 11) is 0. The van der Waals surface area contributed by atoms with Crippen molar-refractivity contribution in [1.82, 2.24) is 33.8 Å². The van der Waals surface area contributed by atoms with Crippen molar-refractivity contribution in [3.63, 3.8) is 0 Å². The van der Waals surface area contributed by atoms with Gasteiger partial charge in [0.1, 0.15) is 11.5 Å². The molecule has 1 saturated heterocycles. The maximum atomic E-state index is 11.9. The molecule has 9 heteroatoms. The third-order valence-electron chi connectivity index (χ3n) is 6.59. The first-order valence-electron chi connectivity index (χ1n) is 11.4. The van der Waals surface area contributed by atoms with Crippen molar-refractivity contribution < 1.29 is 4.79 Å². The minimum absolute atomic E-state index is 0.193. The van der Waals surface area contributed by atoms with Gasteiger partial charge in [0, 0.05) is 37.3 Å². The standard InChI is InChI=1S/C25H24ClN7O/c1-3-25(34)30-14-19(15-30)32-10-9-20(29-32)22-12-23-21(7-8-24-28-27-16(2)33(23)24)31(22)13-17-5-4-6-18(26)11-17/h4-12,19H,3,13-15H2,1-2H3. The van der Waals surface area contributed by atoms with Crippen LogP contribution >= 0.6 is 11.6 Å². The highest BCUT2D eigenvalue weighted by Crippen LogP contribution is 2.31. The van der Waals surface area contributed by atoms with Gasteiger partial charge in [-0.25, -0.2) is 0 Å². The molecule has 4 aromatic heterocycles. The molecule has 0 spiro atoms. The largest absolute Gasteiger partial charge is 0.338 e. The van der Waals surface area contributed by atoms with Crippen LogP contribution in [-0.4, -0.2) is 52.8 Å². The van der Waals surface area contributed by atoms with E-state index in [4.69, 9.17) is 16.7 Å². The molecule has 1 aliphatic heterocycles. The Hall–Kier alpha value is -3.65. The zero-order chi connectivity index (χ0) is 23.4. The molecule has 1 fully saturated rings. The average molecular weight is 474 g/mol. The average Bonchev–Trinajstić information content (AvgIpc) is 3.50. The van der Waals surface area contributed by atoms with E-state index in [-0.39, 0.29) is 11.9 Å². The fourth-order valence-electron chi connectivity index (χ4n) is 4.77. The number of nitrogens with zero attached hydrogens (tertiary/aromatic N) is 7. The fourth-order valence-corrected chi connectivity index (χ4v) is 4.98. The molecule has 0 atom stereocenters. The maximum Gasteiger partial charge on any atom is 0.222 e. The zero-order valence-corrected chi connectivity index (χ0v) is 19.8. The molecule has 0 bridgehead atoms. The highest BCUT2D eigenvalue weighted by Gasteiger charge is 2.31. The van der Waals surface area contributed by atoms with Crippen molar-refractivity contribution in [3.05, 3.63) is 71.1 Å². The number of carbonyl (C=O) groups excluding carboxylic acids is 1. The molecule has 8 nitrogen and oxygen atoms in total. The quantitative estimate of drug-likeness (QED) is 0.380. The highest BCUT2D eigenvalue weighted by molar-refractivity contribution is 6.30. The van der Waals surface area contributed by atoms with Gasteiger partial charge in [-0.2, -0.15) is 5.10 Å². The number of aryl methyl sites for hydroxylation is 1. The second kappa shape index (κ2) is 7.99. The van der Waals surface area contributed by atoms with Gasteiger partial charge in [0.05, 0.1) is 22.8 Å². The van der Waals surface area contributed by atoms with Crippen LogP contribution in [0.15, 0.2) is 54.7 Å². The summed E-state index contributed by atoms with van der Waals surface area (Å²) in [6, 6.07) is 16.4. The van der Waals surface area contributed by atoms with Gasteiger partial charge in [0.2, 0.25) is 5.91 Å². The Bertz CT molecular complexity index is 1540. The molecule has 0 unspecified atom stereocenters. The van der Waals surface area contributed by atoms with Gasteiger partial charge in [-0.1, -0.05) is 30.7 Å². The van der Waals surface area contributed by atoms with E-state index in [1.807, 2.05) is 60.0 Å². The van der Waals surface area contributed by atoms with Gasteiger partial charge in [-0.3, -0.25) is 13.9 Å². The van der Waals surface area contributed by atoms with E-state index in [0.717, 1.165) is 39.5 Å². The van der Waals surface area contributed by atoms with Crippen molar-refractivity contribution in [1.29, 1.82) is 0 Å². The van der Waals surface area contributed by atoms with Gasteiger partial charge in [-0.05, 0) is 48.9 Å². The lowest BCUT2D eigenvalue weighted by atomic mass is 10.1. The van der Waals surface area contributed by atoms with E-state index in [2.05, 4.69) is 37.4 Å². The van der Waals surface area contributed by atoms with E-state index in [1.165, 1.54) is 0 Å². The SMILES string of the molecule is CCC(=O)N1CC(n2ccc(-c3cc4c(ccc5nnc(C)n54)n3Cc3cccc(Cl)c3)n2)C1. The molecule has 5 heterocycles. The first kappa shape index (κ1) is 20.9. The number of hydrogen-bond acceptors (Lipinski definition) is 4.